The van der Waals surface area contributed by atoms with Crippen LogP contribution in [0.1, 0.15) is 23.7 Å². The van der Waals surface area contributed by atoms with Gasteiger partial charge >= 0.3 is 0 Å². The van der Waals surface area contributed by atoms with E-state index in [2.05, 4.69) is 10.4 Å². The average molecular weight is 444 g/mol. The predicted octanol–water partition coefficient (Wildman–Crippen LogP) is 4.86. The Morgan fingerprint density at radius 2 is 1.84 bits per heavy atom. The molecule has 0 bridgehead atoms. The minimum Gasteiger partial charge on any atom is -0.455 e. The van der Waals surface area contributed by atoms with Crippen molar-refractivity contribution in [2.24, 2.45) is 0 Å². The quantitative estimate of drug-likeness (QED) is 0.420. The molecule has 2 heterocycles. The van der Waals surface area contributed by atoms with Gasteiger partial charge in [0, 0.05) is 17.0 Å². The van der Waals surface area contributed by atoms with E-state index in [-0.39, 0.29) is 17.5 Å². The summed E-state index contributed by atoms with van der Waals surface area (Å²) in [6, 6.07) is 20.4. The molecule has 1 aliphatic rings. The van der Waals surface area contributed by atoms with E-state index < -0.39 is 0 Å². The number of hydrogen-bond donors (Lipinski definition) is 1. The van der Waals surface area contributed by atoms with Gasteiger partial charge in [-0.25, -0.2) is 4.68 Å². The Hall–Kier alpha value is -3.58. The minimum absolute atomic E-state index is 0.156. The molecular formula is C25H21N3O3S. The van der Waals surface area contributed by atoms with Gasteiger partial charge < -0.3 is 10.1 Å². The van der Waals surface area contributed by atoms with Crippen LogP contribution in [0.5, 0.6) is 11.5 Å². The highest BCUT2D eigenvalue weighted by molar-refractivity contribution is 7.99. The van der Waals surface area contributed by atoms with Gasteiger partial charge in [-0.3, -0.25) is 9.59 Å². The van der Waals surface area contributed by atoms with Crippen molar-refractivity contribution in [3.05, 3.63) is 88.8 Å². The van der Waals surface area contributed by atoms with Crippen molar-refractivity contribution in [2.75, 3.05) is 0 Å². The number of nitrogens with zero attached hydrogens (tertiary/aromatic N) is 2. The Bertz CT molecular complexity index is 1380. The molecule has 4 aromatic rings. The lowest BCUT2D eigenvalue weighted by molar-refractivity contribution is 0.0930. The summed E-state index contributed by atoms with van der Waals surface area (Å²) in [6.07, 6.45) is 2.35. The molecule has 1 aromatic heterocycles. The van der Waals surface area contributed by atoms with E-state index in [1.54, 1.807) is 30.1 Å². The number of fused-ring (bicyclic) bond motifs is 3. The fraction of sp³-hybridized carbons (Fsp3) is 0.160. The summed E-state index contributed by atoms with van der Waals surface area (Å²) in [4.78, 5) is 27.7. The molecule has 160 valence electrons. The molecule has 1 amide bonds. The minimum atomic E-state index is -0.227. The van der Waals surface area contributed by atoms with Gasteiger partial charge in [-0.05, 0) is 42.8 Å². The third kappa shape index (κ3) is 3.87. The molecule has 7 heteroatoms. The van der Waals surface area contributed by atoms with Crippen LogP contribution in [0.25, 0.3) is 10.8 Å². The van der Waals surface area contributed by atoms with Gasteiger partial charge in [0.25, 0.3) is 11.5 Å². The van der Waals surface area contributed by atoms with Crippen LogP contribution in [0.4, 0.5) is 0 Å². The molecule has 1 N–H and O–H groups in total. The molecule has 0 fully saturated rings. The summed E-state index contributed by atoms with van der Waals surface area (Å²) >= 11 is 1.58. The topological polar surface area (TPSA) is 73.2 Å². The van der Waals surface area contributed by atoms with Gasteiger partial charge in [0.1, 0.15) is 11.5 Å². The lowest BCUT2D eigenvalue weighted by Gasteiger charge is -2.21. The second-order valence-corrected chi connectivity index (χ2v) is 8.69. The van der Waals surface area contributed by atoms with Crippen LogP contribution in [-0.4, -0.2) is 21.7 Å². The van der Waals surface area contributed by atoms with Gasteiger partial charge in [0.15, 0.2) is 0 Å². The van der Waals surface area contributed by atoms with Gasteiger partial charge in [0.2, 0.25) is 0 Å². The second-order valence-electron chi connectivity index (χ2n) is 7.61. The number of rotatable bonds is 5. The first-order valence-electron chi connectivity index (χ1n) is 10.5. The fourth-order valence-electron chi connectivity index (χ4n) is 3.68. The molecule has 0 spiro atoms. The van der Waals surface area contributed by atoms with E-state index in [4.69, 9.17) is 4.74 Å². The molecule has 3 aromatic carbocycles. The molecule has 6 nitrogen and oxygen atoms in total. The number of benzene rings is 3. The SMILES string of the molecule is CC[C@@H](Cn1ncc2ccccc2c1=O)NC(=O)c1ccc2c(c1)Sc1ccccc1O2. The largest absolute Gasteiger partial charge is 0.455 e. The van der Waals surface area contributed by atoms with Crippen molar-refractivity contribution >= 4 is 28.4 Å². The second kappa shape index (κ2) is 8.51. The molecule has 5 rings (SSSR count). The Kier molecular flexibility index (Phi) is 5.41. The number of amides is 1. The number of carbonyl (C=O) groups is 1. The molecular weight excluding hydrogens is 422 g/mol. The molecule has 0 saturated carbocycles. The van der Waals surface area contributed by atoms with Gasteiger partial charge in [0.05, 0.1) is 27.9 Å². The standard InChI is InChI=1S/C25H21N3O3S/c1-2-18(15-28-25(30)19-8-4-3-7-17(19)14-26-28)27-24(29)16-11-12-21-23(13-16)32-22-10-6-5-9-20(22)31-21/h3-14,18H,2,15H2,1H3,(H,27,29)/t18-/m0/s1. The monoisotopic (exact) mass is 443 g/mol. The Morgan fingerprint density at radius 3 is 2.72 bits per heavy atom. The summed E-state index contributed by atoms with van der Waals surface area (Å²) in [5.41, 5.74) is 0.397. The Balaban J connectivity index is 1.33. The molecule has 0 radical (unpaired) electrons. The molecule has 1 aliphatic heterocycles. The lowest BCUT2D eigenvalue weighted by Crippen LogP contribution is -2.40. The van der Waals surface area contributed by atoms with Crippen molar-refractivity contribution in [1.29, 1.82) is 0 Å². The maximum Gasteiger partial charge on any atom is 0.274 e. The molecule has 1 atom stereocenters. The normalized spacial score (nSPS) is 13.0. The summed E-state index contributed by atoms with van der Waals surface area (Å²) in [5, 5.41) is 8.76. The highest BCUT2D eigenvalue weighted by Gasteiger charge is 2.20. The first kappa shape index (κ1) is 20.3. The number of aromatic nitrogens is 2. The van der Waals surface area contributed by atoms with Crippen LogP contribution in [-0.2, 0) is 6.54 Å². The summed E-state index contributed by atoms with van der Waals surface area (Å²) in [5.74, 6) is 1.37. The number of ether oxygens (including phenoxy) is 1. The van der Waals surface area contributed by atoms with Gasteiger partial charge in [-0.1, -0.05) is 49.0 Å². The number of carbonyl (C=O) groups excluding carboxylic acids is 1. The third-order valence-corrected chi connectivity index (χ3v) is 6.57. The van der Waals surface area contributed by atoms with E-state index >= 15 is 0 Å². The number of nitrogens with one attached hydrogen (secondary N) is 1. The zero-order valence-electron chi connectivity index (χ0n) is 17.4. The van der Waals surface area contributed by atoms with Crippen molar-refractivity contribution < 1.29 is 9.53 Å². The highest BCUT2D eigenvalue weighted by Crippen LogP contribution is 2.46. The van der Waals surface area contributed by atoms with Crippen molar-refractivity contribution in [1.82, 2.24) is 15.1 Å². The lowest BCUT2D eigenvalue weighted by atomic mass is 10.1. The first-order chi connectivity index (χ1) is 15.6. The van der Waals surface area contributed by atoms with E-state index in [1.165, 1.54) is 4.68 Å². The van der Waals surface area contributed by atoms with E-state index in [9.17, 15) is 9.59 Å². The van der Waals surface area contributed by atoms with Crippen LogP contribution in [0.3, 0.4) is 0 Å². The average Bonchev–Trinajstić information content (AvgIpc) is 2.83. The Morgan fingerprint density at radius 1 is 1.06 bits per heavy atom. The predicted molar refractivity (Wildman–Crippen MR) is 125 cm³/mol. The van der Waals surface area contributed by atoms with E-state index in [0.717, 1.165) is 26.7 Å². The first-order valence-corrected chi connectivity index (χ1v) is 11.3. The van der Waals surface area contributed by atoms with E-state index in [0.29, 0.717) is 23.9 Å². The summed E-state index contributed by atoms with van der Waals surface area (Å²) in [6.45, 7) is 2.28. The maximum absolute atomic E-state index is 13.0. The van der Waals surface area contributed by atoms with Crippen molar-refractivity contribution in [3.63, 3.8) is 0 Å². The highest BCUT2D eigenvalue weighted by atomic mass is 32.2. The van der Waals surface area contributed by atoms with Crippen LogP contribution in [0.15, 0.2) is 87.5 Å². The number of hydrogen-bond acceptors (Lipinski definition) is 5. The summed E-state index contributed by atoms with van der Waals surface area (Å²) < 4.78 is 7.36. The number of para-hydroxylation sites is 1. The van der Waals surface area contributed by atoms with Gasteiger partial charge in [-0.2, -0.15) is 5.10 Å². The smallest absolute Gasteiger partial charge is 0.274 e. The van der Waals surface area contributed by atoms with Crippen molar-refractivity contribution in [3.8, 4) is 11.5 Å². The van der Waals surface area contributed by atoms with Crippen molar-refractivity contribution in [2.45, 2.75) is 35.7 Å². The summed E-state index contributed by atoms with van der Waals surface area (Å²) in [7, 11) is 0. The zero-order valence-corrected chi connectivity index (χ0v) is 18.3. The van der Waals surface area contributed by atoms with Crippen LogP contribution in [0, 0.1) is 0 Å². The molecule has 0 aliphatic carbocycles. The van der Waals surface area contributed by atoms with Gasteiger partial charge in [-0.15, -0.1) is 0 Å². The molecule has 32 heavy (non-hydrogen) atoms. The zero-order chi connectivity index (χ0) is 22.1. The Labute approximate surface area is 189 Å². The molecule has 0 saturated heterocycles. The van der Waals surface area contributed by atoms with Crippen LogP contribution >= 0.6 is 11.8 Å². The maximum atomic E-state index is 13.0. The third-order valence-electron chi connectivity index (χ3n) is 5.48. The van der Waals surface area contributed by atoms with Crippen LogP contribution in [0.2, 0.25) is 0 Å². The van der Waals surface area contributed by atoms with E-state index in [1.807, 2.05) is 61.5 Å². The molecule has 0 unspecified atom stereocenters. The van der Waals surface area contributed by atoms with Crippen LogP contribution < -0.4 is 15.6 Å². The fourth-order valence-corrected chi connectivity index (χ4v) is 4.67.